The molecule has 0 aliphatic carbocycles. The molecule has 1 saturated heterocycles. The van der Waals surface area contributed by atoms with Crippen molar-refractivity contribution in [1.82, 2.24) is 25.5 Å². The largest absolute Gasteiger partial charge is 0.480 e. The second-order valence-corrected chi connectivity index (χ2v) is 9.30. The van der Waals surface area contributed by atoms with Crippen molar-refractivity contribution in [3.8, 4) is 0 Å². The summed E-state index contributed by atoms with van der Waals surface area (Å²) in [7, 11) is 0. The molecule has 14 heteroatoms. The van der Waals surface area contributed by atoms with Gasteiger partial charge in [0.15, 0.2) is 5.96 Å². The molecule has 5 atom stereocenters. The van der Waals surface area contributed by atoms with Gasteiger partial charge >= 0.3 is 5.97 Å². The van der Waals surface area contributed by atoms with Gasteiger partial charge in [0.2, 0.25) is 17.7 Å². The number of aliphatic carboxylic acids is 1. The summed E-state index contributed by atoms with van der Waals surface area (Å²) in [5.41, 5.74) is 17.4. The molecule has 2 rings (SSSR count). The van der Waals surface area contributed by atoms with Crippen molar-refractivity contribution in [1.29, 1.82) is 0 Å². The van der Waals surface area contributed by atoms with Crippen molar-refractivity contribution < 1.29 is 24.3 Å². The van der Waals surface area contributed by atoms with Crippen LogP contribution in [0.25, 0.3) is 0 Å². The topological polar surface area (TPSA) is 235 Å². The Morgan fingerprint density at radius 1 is 1.27 bits per heavy atom. The minimum atomic E-state index is -1.07. The van der Waals surface area contributed by atoms with Crippen molar-refractivity contribution in [2.45, 2.75) is 76.5 Å². The third-order valence-corrected chi connectivity index (χ3v) is 6.51. The summed E-state index contributed by atoms with van der Waals surface area (Å²) in [6.07, 6.45) is 5.28. The van der Waals surface area contributed by atoms with E-state index in [1.54, 1.807) is 13.1 Å². The second-order valence-electron chi connectivity index (χ2n) is 9.30. The average Bonchev–Trinajstić information content (AvgIpc) is 3.55. The summed E-state index contributed by atoms with van der Waals surface area (Å²) in [4.78, 5) is 63.1. The van der Waals surface area contributed by atoms with Crippen LogP contribution in [-0.4, -0.2) is 86.9 Å². The van der Waals surface area contributed by atoms with Gasteiger partial charge in [0.25, 0.3) is 0 Å². The molecule has 14 nitrogen and oxygen atoms in total. The maximum atomic E-state index is 13.4. The number of carboxylic acids is 1. The van der Waals surface area contributed by atoms with E-state index in [9.17, 15) is 24.3 Å². The Morgan fingerprint density at radius 3 is 2.59 bits per heavy atom. The van der Waals surface area contributed by atoms with Crippen LogP contribution in [-0.2, 0) is 25.6 Å². The van der Waals surface area contributed by atoms with Gasteiger partial charge in [-0.25, -0.2) is 9.78 Å². The minimum absolute atomic E-state index is 0.0901. The molecule has 37 heavy (non-hydrogen) atoms. The maximum absolute atomic E-state index is 13.4. The molecular formula is C23H39N9O5. The second kappa shape index (κ2) is 14.2. The first-order valence-corrected chi connectivity index (χ1v) is 12.5. The zero-order valence-electron chi connectivity index (χ0n) is 21.4. The highest BCUT2D eigenvalue weighted by molar-refractivity contribution is 5.94. The molecule has 1 aromatic heterocycles. The number of carbonyl (C=O) groups excluding carboxylic acids is 3. The predicted octanol–water partition coefficient (Wildman–Crippen LogP) is -1.58. The van der Waals surface area contributed by atoms with E-state index in [0.717, 1.165) is 0 Å². The molecule has 2 heterocycles. The number of hydrogen-bond donors (Lipinski definition) is 7. The number of carboxylic acid groups (broad SMARTS) is 1. The van der Waals surface area contributed by atoms with E-state index in [2.05, 4.69) is 25.6 Å². The number of guanidine groups is 1. The number of nitrogens with two attached hydrogens (primary N) is 3. The molecule has 0 radical (unpaired) electrons. The van der Waals surface area contributed by atoms with E-state index < -0.39 is 47.9 Å². The first kappa shape index (κ1) is 29.5. The summed E-state index contributed by atoms with van der Waals surface area (Å²) < 4.78 is 0. The fourth-order valence-electron chi connectivity index (χ4n) is 4.18. The first-order chi connectivity index (χ1) is 17.5. The van der Waals surface area contributed by atoms with Gasteiger partial charge in [-0.3, -0.25) is 19.4 Å². The van der Waals surface area contributed by atoms with Crippen LogP contribution in [0, 0.1) is 5.92 Å². The van der Waals surface area contributed by atoms with Crippen molar-refractivity contribution in [3.05, 3.63) is 18.2 Å². The van der Waals surface area contributed by atoms with Gasteiger partial charge in [-0.05, 0) is 31.6 Å². The summed E-state index contributed by atoms with van der Waals surface area (Å²) >= 11 is 0. The number of aromatic nitrogens is 2. The lowest BCUT2D eigenvalue weighted by Gasteiger charge is -2.31. The summed E-state index contributed by atoms with van der Waals surface area (Å²) in [5.74, 6) is -3.00. The number of hydrogen-bond acceptors (Lipinski definition) is 7. The molecule has 5 unspecified atom stereocenters. The average molecular weight is 522 g/mol. The lowest BCUT2D eigenvalue weighted by molar-refractivity contribution is -0.150. The molecule has 0 bridgehead atoms. The van der Waals surface area contributed by atoms with Crippen LogP contribution < -0.4 is 27.8 Å². The van der Waals surface area contributed by atoms with Gasteiger partial charge in [-0.2, -0.15) is 0 Å². The van der Waals surface area contributed by atoms with E-state index in [-0.39, 0.29) is 31.3 Å². The lowest BCUT2D eigenvalue weighted by atomic mass is 9.96. The van der Waals surface area contributed by atoms with Gasteiger partial charge in [-0.1, -0.05) is 20.3 Å². The Morgan fingerprint density at radius 2 is 2.00 bits per heavy atom. The van der Waals surface area contributed by atoms with E-state index in [1.165, 1.54) is 11.2 Å². The summed E-state index contributed by atoms with van der Waals surface area (Å²) in [5, 5.41) is 14.9. The Kier molecular flexibility index (Phi) is 11.3. The van der Waals surface area contributed by atoms with Crippen LogP contribution >= 0.6 is 0 Å². The molecule has 206 valence electrons. The van der Waals surface area contributed by atoms with Crippen molar-refractivity contribution >= 4 is 29.7 Å². The predicted molar refractivity (Wildman–Crippen MR) is 136 cm³/mol. The smallest absolute Gasteiger partial charge is 0.326 e. The third-order valence-electron chi connectivity index (χ3n) is 6.51. The molecule has 1 aromatic rings. The van der Waals surface area contributed by atoms with Crippen molar-refractivity contribution in [3.63, 3.8) is 0 Å². The molecule has 10 N–H and O–H groups in total. The Hall–Kier alpha value is -3.68. The Bertz CT molecular complexity index is 948. The van der Waals surface area contributed by atoms with Crippen LogP contribution in [0.3, 0.4) is 0 Å². The van der Waals surface area contributed by atoms with Crippen LogP contribution in [0.5, 0.6) is 0 Å². The minimum Gasteiger partial charge on any atom is -0.480 e. The first-order valence-electron chi connectivity index (χ1n) is 12.5. The summed E-state index contributed by atoms with van der Waals surface area (Å²) in [6.45, 7) is 4.23. The number of aromatic amines is 1. The van der Waals surface area contributed by atoms with Gasteiger partial charge in [0, 0.05) is 31.4 Å². The standard InChI is InChI=1S/C23H39N9O5/c1-3-13(2)18(21(35)32-9-5-7-17(32)22(36)37)31-20(34)16(6-4-8-28-23(25)26)30-19(33)15(24)10-14-11-27-12-29-14/h11-13,15-18H,3-10,24H2,1-2H3,(H,27,29)(H,30,33)(H,31,34)(H,36,37)(H4,25,26,28). The van der Waals surface area contributed by atoms with Crippen LogP contribution in [0.2, 0.25) is 0 Å². The number of likely N-dealkylation sites (tertiary alicyclic amines) is 1. The number of imidazole rings is 1. The fraction of sp³-hybridized carbons (Fsp3) is 0.652. The number of rotatable bonds is 14. The summed E-state index contributed by atoms with van der Waals surface area (Å²) in [6, 6.07) is -3.83. The van der Waals surface area contributed by atoms with E-state index in [0.29, 0.717) is 37.9 Å². The number of nitrogens with zero attached hydrogens (tertiary/aromatic N) is 3. The van der Waals surface area contributed by atoms with E-state index >= 15 is 0 Å². The van der Waals surface area contributed by atoms with Gasteiger partial charge < -0.3 is 42.8 Å². The Balaban J connectivity index is 2.16. The number of carbonyl (C=O) groups is 4. The van der Waals surface area contributed by atoms with Crippen molar-refractivity contribution in [2.24, 2.45) is 28.1 Å². The molecule has 1 aliphatic rings. The molecule has 0 aromatic carbocycles. The highest BCUT2D eigenvalue weighted by atomic mass is 16.4. The zero-order chi connectivity index (χ0) is 27.5. The molecule has 0 saturated carbocycles. The fourth-order valence-corrected chi connectivity index (χ4v) is 4.18. The number of nitrogens with one attached hydrogen (secondary N) is 3. The highest BCUT2D eigenvalue weighted by Crippen LogP contribution is 2.21. The third kappa shape index (κ3) is 8.74. The van der Waals surface area contributed by atoms with Gasteiger partial charge in [-0.15, -0.1) is 0 Å². The maximum Gasteiger partial charge on any atom is 0.326 e. The molecule has 3 amide bonds. The molecule has 0 spiro atoms. The number of amides is 3. The monoisotopic (exact) mass is 521 g/mol. The number of H-pyrrole nitrogens is 1. The van der Waals surface area contributed by atoms with Gasteiger partial charge in [0.05, 0.1) is 12.4 Å². The van der Waals surface area contributed by atoms with Gasteiger partial charge in [0.1, 0.15) is 18.1 Å². The van der Waals surface area contributed by atoms with E-state index in [4.69, 9.17) is 17.2 Å². The van der Waals surface area contributed by atoms with Crippen LogP contribution in [0.1, 0.15) is 51.6 Å². The molecular weight excluding hydrogens is 482 g/mol. The quantitative estimate of drug-likeness (QED) is 0.0848. The van der Waals surface area contributed by atoms with E-state index in [1.807, 2.05) is 6.92 Å². The highest BCUT2D eigenvalue weighted by Gasteiger charge is 2.39. The normalized spacial score (nSPS) is 18.4. The molecule has 1 fully saturated rings. The SMILES string of the molecule is CCC(C)C(NC(=O)C(CCCN=C(N)N)NC(=O)C(N)Cc1cnc[nH]1)C(=O)N1CCCC1C(=O)O. The number of aliphatic imine (C=N–C) groups is 1. The van der Waals surface area contributed by atoms with Crippen LogP contribution in [0.15, 0.2) is 17.5 Å². The Labute approximate surface area is 215 Å². The molecule has 1 aliphatic heterocycles. The van der Waals surface area contributed by atoms with Crippen LogP contribution in [0.4, 0.5) is 0 Å². The zero-order valence-corrected chi connectivity index (χ0v) is 21.4. The van der Waals surface area contributed by atoms with Crippen molar-refractivity contribution in [2.75, 3.05) is 13.1 Å². The lowest BCUT2D eigenvalue weighted by Crippen LogP contribution is -2.58.